The first-order chi connectivity index (χ1) is 21.2. The van der Waals surface area contributed by atoms with Gasteiger partial charge in [-0.05, 0) is 23.1 Å². The Kier molecular flexibility index (Phi) is 17.3. The molecule has 0 aliphatic heterocycles. The lowest BCUT2D eigenvalue weighted by molar-refractivity contribution is -0.0802. The lowest BCUT2D eigenvalue weighted by atomic mass is 9.80. The molecule has 0 saturated carbocycles. The summed E-state index contributed by atoms with van der Waals surface area (Å²) in [4.78, 5) is 0. The molecule has 1 unspecified atom stereocenters. The summed E-state index contributed by atoms with van der Waals surface area (Å²) in [6.45, 7) is 2.32. The van der Waals surface area contributed by atoms with Crippen LogP contribution in [-0.2, 0) is 10.3 Å². The zero-order chi connectivity index (χ0) is 30.4. The molecule has 0 fully saturated rings. The first-order valence-corrected chi connectivity index (χ1v) is 17.3. The molecular formula is C40H58O3. The summed E-state index contributed by atoms with van der Waals surface area (Å²) in [5.41, 5.74) is 2.09. The van der Waals surface area contributed by atoms with Crippen LogP contribution in [0, 0.1) is 0 Å². The first kappa shape index (κ1) is 35.0. The second-order valence-corrected chi connectivity index (χ2v) is 12.3. The Bertz CT molecular complexity index is 956. The van der Waals surface area contributed by atoms with Gasteiger partial charge in [-0.15, -0.1) is 0 Å². The highest BCUT2D eigenvalue weighted by Gasteiger charge is 2.38. The average molecular weight is 587 g/mol. The highest BCUT2D eigenvalue weighted by molar-refractivity contribution is 5.47. The first-order valence-electron chi connectivity index (χ1n) is 17.3. The van der Waals surface area contributed by atoms with E-state index in [0.717, 1.165) is 29.5 Å². The van der Waals surface area contributed by atoms with Gasteiger partial charge < -0.3 is 14.9 Å². The van der Waals surface area contributed by atoms with Gasteiger partial charge in [-0.3, -0.25) is 0 Å². The molecule has 0 amide bonds. The Morgan fingerprint density at radius 3 is 1.14 bits per heavy atom. The Morgan fingerprint density at radius 2 is 0.791 bits per heavy atom. The highest BCUT2D eigenvalue weighted by atomic mass is 16.5. The molecule has 0 heterocycles. The van der Waals surface area contributed by atoms with E-state index in [0.29, 0.717) is 6.42 Å². The van der Waals surface area contributed by atoms with Gasteiger partial charge in [0.25, 0.3) is 0 Å². The summed E-state index contributed by atoms with van der Waals surface area (Å²) in [5, 5.41) is 21.8. The van der Waals surface area contributed by atoms with E-state index in [4.69, 9.17) is 4.74 Å². The summed E-state index contributed by atoms with van der Waals surface area (Å²) < 4.78 is 6.69. The molecule has 3 nitrogen and oxygen atoms in total. The van der Waals surface area contributed by atoms with E-state index in [1.54, 1.807) is 0 Å². The lowest BCUT2D eigenvalue weighted by Crippen LogP contribution is -2.39. The third-order valence-electron chi connectivity index (χ3n) is 8.81. The normalized spacial score (nSPS) is 13.2. The van der Waals surface area contributed by atoms with Crippen LogP contribution in [0.4, 0.5) is 0 Å². The Labute approximate surface area is 262 Å². The van der Waals surface area contributed by atoms with Crippen molar-refractivity contribution >= 4 is 0 Å². The van der Waals surface area contributed by atoms with E-state index in [2.05, 4.69) is 43.3 Å². The van der Waals surface area contributed by atoms with Gasteiger partial charge in [0.05, 0.1) is 12.7 Å². The SMILES string of the molecule is CCCCCCCCCCCCCCCCCCC(O)[C@@H](O)COC(c1ccccc1)(c1ccccc1)c1ccccc1. The Hall–Kier alpha value is -2.46. The number of hydrogen-bond donors (Lipinski definition) is 2. The minimum absolute atomic E-state index is 0.0404. The third-order valence-corrected chi connectivity index (χ3v) is 8.81. The van der Waals surface area contributed by atoms with Crippen LogP contribution in [-0.4, -0.2) is 29.0 Å². The molecule has 0 radical (unpaired) electrons. The van der Waals surface area contributed by atoms with E-state index in [-0.39, 0.29) is 6.61 Å². The molecule has 0 aromatic heterocycles. The molecule has 0 aliphatic carbocycles. The molecule has 43 heavy (non-hydrogen) atoms. The van der Waals surface area contributed by atoms with Crippen LogP contribution in [0.2, 0.25) is 0 Å². The van der Waals surface area contributed by atoms with E-state index in [1.165, 1.54) is 89.9 Å². The smallest absolute Gasteiger partial charge is 0.143 e. The molecule has 236 valence electrons. The number of ether oxygens (including phenoxy) is 1. The predicted molar refractivity (Wildman–Crippen MR) is 181 cm³/mol. The van der Waals surface area contributed by atoms with Crippen molar-refractivity contribution in [2.75, 3.05) is 6.61 Å². The molecular weight excluding hydrogens is 528 g/mol. The number of hydrogen-bond acceptors (Lipinski definition) is 3. The van der Waals surface area contributed by atoms with Crippen molar-refractivity contribution in [1.29, 1.82) is 0 Å². The van der Waals surface area contributed by atoms with Crippen molar-refractivity contribution in [3.8, 4) is 0 Å². The molecule has 0 spiro atoms. The van der Waals surface area contributed by atoms with E-state index in [1.807, 2.05) is 54.6 Å². The van der Waals surface area contributed by atoms with Gasteiger partial charge in [-0.2, -0.15) is 0 Å². The summed E-state index contributed by atoms with van der Waals surface area (Å²) in [6.07, 6.45) is 20.0. The van der Waals surface area contributed by atoms with Crippen molar-refractivity contribution in [2.24, 2.45) is 0 Å². The van der Waals surface area contributed by atoms with Gasteiger partial charge in [-0.25, -0.2) is 0 Å². The highest BCUT2D eigenvalue weighted by Crippen LogP contribution is 2.40. The van der Waals surface area contributed by atoms with E-state index < -0.39 is 17.8 Å². The topological polar surface area (TPSA) is 49.7 Å². The molecule has 3 heteroatoms. The minimum atomic E-state index is -0.952. The monoisotopic (exact) mass is 586 g/mol. The molecule has 0 bridgehead atoms. The number of unbranched alkanes of at least 4 members (excludes halogenated alkanes) is 15. The number of benzene rings is 3. The summed E-state index contributed by atoms with van der Waals surface area (Å²) in [7, 11) is 0. The lowest BCUT2D eigenvalue weighted by Gasteiger charge is -2.37. The second kappa shape index (κ2) is 21.3. The van der Waals surface area contributed by atoms with Gasteiger partial charge >= 0.3 is 0 Å². The molecule has 3 aromatic rings. The fraction of sp³-hybridized carbons (Fsp3) is 0.550. The van der Waals surface area contributed by atoms with Crippen LogP contribution in [0.5, 0.6) is 0 Å². The van der Waals surface area contributed by atoms with Crippen molar-refractivity contribution in [1.82, 2.24) is 0 Å². The zero-order valence-corrected chi connectivity index (χ0v) is 26.8. The van der Waals surface area contributed by atoms with E-state index >= 15 is 0 Å². The van der Waals surface area contributed by atoms with Gasteiger partial charge in [0.15, 0.2) is 0 Å². The zero-order valence-electron chi connectivity index (χ0n) is 26.8. The molecule has 3 aromatic carbocycles. The maximum absolute atomic E-state index is 11.0. The summed E-state index contributed by atoms with van der Waals surface area (Å²) in [6, 6.07) is 30.5. The van der Waals surface area contributed by atoms with Crippen LogP contribution < -0.4 is 0 Å². The average Bonchev–Trinajstić information content (AvgIpc) is 3.06. The number of rotatable bonds is 24. The molecule has 3 rings (SSSR count). The number of aliphatic hydroxyl groups excluding tert-OH is 2. The van der Waals surface area contributed by atoms with Gasteiger partial charge in [0, 0.05) is 0 Å². The molecule has 2 N–H and O–H groups in total. The van der Waals surface area contributed by atoms with Crippen molar-refractivity contribution in [2.45, 2.75) is 134 Å². The Morgan fingerprint density at radius 1 is 0.465 bits per heavy atom. The standard InChI is InChI=1S/C40H58O3/c1-2-3-4-5-6-7-8-9-10-11-12-13-14-15-16-26-33-38(41)39(42)34-43-40(35-27-20-17-21-28-35,36-29-22-18-23-30-36)37-31-24-19-25-32-37/h17-25,27-32,38-39,41-42H,2-16,26,33-34H2,1H3/t38?,39-/m0/s1. The van der Waals surface area contributed by atoms with Gasteiger partial charge in [0.2, 0.25) is 0 Å². The molecule has 0 aliphatic rings. The largest absolute Gasteiger partial charge is 0.390 e. The van der Waals surface area contributed by atoms with E-state index in [9.17, 15) is 10.2 Å². The fourth-order valence-corrected chi connectivity index (χ4v) is 6.18. The maximum atomic E-state index is 11.0. The van der Waals surface area contributed by atoms with Crippen molar-refractivity contribution in [3.63, 3.8) is 0 Å². The van der Waals surface area contributed by atoms with Crippen LogP contribution in [0.3, 0.4) is 0 Å². The van der Waals surface area contributed by atoms with Crippen molar-refractivity contribution in [3.05, 3.63) is 108 Å². The van der Waals surface area contributed by atoms with Gasteiger partial charge in [-0.1, -0.05) is 201 Å². The van der Waals surface area contributed by atoms with Crippen LogP contribution in [0.15, 0.2) is 91.0 Å². The Balaban J connectivity index is 1.37. The number of aliphatic hydroxyl groups is 2. The predicted octanol–water partition coefficient (Wildman–Crippen LogP) is 10.4. The van der Waals surface area contributed by atoms with Crippen LogP contribution in [0.25, 0.3) is 0 Å². The molecule has 2 atom stereocenters. The fourth-order valence-electron chi connectivity index (χ4n) is 6.18. The van der Waals surface area contributed by atoms with Crippen LogP contribution in [0.1, 0.15) is 133 Å². The third kappa shape index (κ3) is 12.2. The maximum Gasteiger partial charge on any atom is 0.143 e. The quantitative estimate of drug-likeness (QED) is 0.0811. The second-order valence-electron chi connectivity index (χ2n) is 12.3. The van der Waals surface area contributed by atoms with Gasteiger partial charge in [0.1, 0.15) is 11.7 Å². The van der Waals surface area contributed by atoms with Crippen LogP contribution >= 0.6 is 0 Å². The van der Waals surface area contributed by atoms with Crippen molar-refractivity contribution < 1.29 is 14.9 Å². The minimum Gasteiger partial charge on any atom is -0.390 e. The summed E-state index contributed by atoms with van der Waals surface area (Å²) >= 11 is 0. The summed E-state index contributed by atoms with van der Waals surface area (Å²) in [5.74, 6) is 0. The molecule has 0 saturated heterocycles.